The van der Waals surface area contributed by atoms with Crippen LogP contribution in [0.1, 0.15) is 25.3 Å². The molecule has 142 valence electrons. The molecule has 0 unspecified atom stereocenters. The molecule has 1 saturated heterocycles. The molecule has 0 saturated carbocycles. The molecule has 1 fully saturated rings. The van der Waals surface area contributed by atoms with E-state index in [1.807, 2.05) is 11.8 Å². The van der Waals surface area contributed by atoms with Crippen LogP contribution in [0.25, 0.3) is 11.0 Å². The molecule has 6 nitrogen and oxygen atoms in total. The lowest BCUT2D eigenvalue weighted by atomic mass is 9.95. The maximum Gasteiger partial charge on any atom is 0.397 e. The summed E-state index contributed by atoms with van der Waals surface area (Å²) in [7, 11) is 0. The third-order valence-electron chi connectivity index (χ3n) is 4.45. The summed E-state index contributed by atoms with van der Waals surface area (Å²) in [6.45, 7) is 3.02. The monoisotopic (exact) mass is 377 g/mol. The molecule has 9 heteroatoms. The van der Waals surface area contributed by atoms with Crippen molar-refractivity contribution in [2.75, 3.05) is 18.0 Å². The highest BCUT2D eigenvalue weighted by Crippen LogP contribution is 2.30. The number of hydrogen-bond donors (Lipinski definition) is 1. The summed E-state index contributed by atoms with van der Waals surface area (Å²) in [5.74, 6) is -0.858. The number of anilines is 1. The Labute approximate surface area is 154 Å². The summed E-state index contributed by atoms with van der Waals surface area (Å²) in [5, 5.41) is 11.7. The van der Waals surface area contributed by atoms with Crippen molar-refractivity contribution in [3.8, 4) is 6.07 Å². The van der Waals surface area contributed by atoms with Gasteiger partial charge >= 0.3 is 6.18 Å². The Hall–Kier alpha value is -2.89. The van der Waals surface area contributed by atoms with Crippen LogP contribution in [0.2, 0.25) is 0 Å². The molecule has 1 aliphatic rings. The first-order valence-corrected chi connectivity index (χ1v) is 8.51. The number of nitrogens with one attached hydrogen (secondary N) is 1. The van der Waals surface area contributed by atoms with Crippen molar-refractivity contribution >= 4 is 22.6 Å². The van der Waals surface area contributed by atoms with Crippen molar-refractivity contribution in [2.45, 2.75) is 32.0 Å². The van der Waals surface area contributed by atoms with E-state index >= 15 is 0 Å². The van der Waals surface area contributed by atoms with Crippen molar-refractivity contribution < 1.29 is 18.0 Å². The van der Waals surface area contributed by atoms with Crippen LogP contribution in [-0.2, 0) is 4.79 Å². The maximum atomic E-state index is 12.4. The lowest BCUT2D eigenvalue weighted by molar-refractivity contribution is -0.154. The average molecular weight is 377 g/mol. The molecule has 2 aromatic rings. The van der Waals surface area contributed by atoms with Gasteiger partial charge < -0.3 is 10.2 Å². The number of nitriles is 1. The van der Waals surface area contributed by atoms with Gasteiger partial charge in [-0.3, -0.25) is 14.8 Å². The number of benzene rings is 1. The molecule has 2 heterocycles. The Morgan fingerprint density at radius 3 is 2.67 bits per heavy atom. The average Bonchev–Trinajstić information content (AvgIpc) is 2.58. The van der Waals surface area contributed by atoms with Crippen molar-refractivity contribution in [2.24, 2.45) is 5.92 Å². The fourth-order valence-electron chi connectivity index (χ4n) is 3.50. The zero-order chi connectivity index (χ0) is 19.6. The van der Waals surface area contributed by atoms with Gasteiger partial charge in [0.1, 0.15) is 23.5 Å². The summed E-state index contributed by atoms with van der Waals surface area (Å²) in [6.07, 6.45) is -2.37. The smallest absolute Gasteiger partial charge is 0.367 e. The number of alkyl halides is 3. The van der Waals surface area contributed by atoms with Crippen LogP contribution >= 0.6 is 0 Å². The molecule has 1 amide bonds. The second-order valence-corrected chi connectivity index (χ2v) is 6.80. The van der Waals surface area contributed by atoms with Gasteiger partial charge in [0.05, 0.1) is 11.3 Å². The van der Waals surface area contributed by atoms with E-state index in [1.165, 1.54) is 12.4 Å². The summed E-state index contributed by atoms with van der Waals surface area (Å²) in [6, 6.07) is 5.11. The minimum atomic E-state index is -4.52. The Morgan fingerprint density at radius 1 is 1.30 bits per heavy atom. The van der Waals surface area contributed by atoms with Gasteiger partial charge in [-0.1, -0.05) is 6.92 Å². The lowest BCUT2D eigenvalue weighted by Crippen LogP contribution is -2.51. The van der Waals surface area contributed by atoms with E-state index in [0.717, 1.165) is 5.69 Å². The van der Waals surface area contributed by atoms with Crippen molar-refractivity contribution in [3.05, 3.63) is 30.1 Å². The fourth-order valence-corrected chi connectivity index (χ4v) is 3.50. The van der Waals surface area contributed by atoms with Gasteiger partial charge in [0.25, 0.3) is 0 Å². The molecule has 1 aromatic heterocycles. The topological polar surface area (TPSA) is 81.9 Å². The zero-order valence-corrected chi connectivity index (χ0v) is 14.6. The lowest BCUT2D eigenvalue weighted by Gasteiger charge is -2.38. The molecule has 1 aliphatic heterocycles. The Morgan fingerprint density at radius 2 is 2.00 bits per heavy atom. The van der Waals surface area contributed by atoms with Gasteiger partial charge in [-0.05, 0) is 24.5 Å². The zero-order valence-electron chi connectivity index (χ0n) is 14.6. The van der Waals surface area contributed by atoms with Gasteiger partial charge in [-0.15, -0.1) is 0 Å². The first kappa shape index (κ1) is 18.9. The molecule has 0 aliphatic carbocycles. The van der Waals surface area contributed by atoms with Crippen molar-refractivity contribution in [1.82, 2.24) is 15.3 Å². The van der Waals surface area contributed by atoms with Gasteiger partial charge in [0.2, 0.25) is 5.91 Å². The molecule has 1 aromatic carbocycles. The van der Waals surface area contributed by atoms with E-state index in [1.54, 1.807) is 12.1 Å². The highest BCUT2D eigenvalue weighted by molar-refractivity contribution is 5.92. The fraction of sp³-hybridized carbons (Fsp3) is 0.444. The number of carbonyl (C=O) groups is 1. The molecule has 2 atom stereocenters. The van der Waals surface area contributed by atoms with Crippen LogP contribution < -0.4 is 10.2 Å². The van der Waals surface area contributed by atoms with Crippen LogP contribution in [0.3, 0.4) is 0 Å². The summed E-state index contributed by atoms with van der Waals surface area (Å²) < 4.78 is 37.2. The number of amides is 1. The predicted octanol–water partition coefficient (Wildman–Crippen LogP) is 2.78. The molecule has 1 N–H and O–H groups in total. The Balaban J connectivity index is 1.84. The van der Waals surface area contributed by atoms with Gasteiger partial charge in [0.15, 0.2) is 0 Å². The van der Waals surface area contributed by atoms with Crippen LogP contribution in [-0.4, -0.2) is 41.2 Å². The van der Waals surface area contributed by atoms with Gasteiger partial charge in [-0.25, -0.2) is 0 Å². The number of piperidine rings is 1. The first-order chi connectivity index (χ1) is 12.8. The number of aromatic nitrogens is 2. The number of fused-ring (bicyclic) bond motifs is 1. The second kappa shape index (κ2) is 7.39. The van der Waals surface area contributed by atoms with Crippen LogP contribution in [0.15, 0.2) is 24.5 Å². The third-order valence-corrected chi connectivity index (χ3v) is 4.45. The van der Waals surface area contributed by atoms with Crippen molar-refractivity contribution in [3.63, 3.8) is 0 Å². The van der Waals surface area contributed by atoms with E-state index in [0.29, 0.717) is 36.1 Å². The number of rotatable bonds is 3. The van der Waals surface area contributed by atoms with E-state index < -0.39 is 24.5 Å². The van der Waals surface area contributed by atoms with E-state index in [2.05, 4.69) is 21.4 Å². The minimum absolute atomic E-state index is 0.164. The Bertz CT molecular complexity index is 893. The molecular weight excluding hydrogens is 359 g/mol. The third kappa shape index (κ3) is 4.45. The summed E-state index contributed by atoms with van der Waals surface area (Å²) in [5.41, 5.74) is 2.19. The molecule has 0 spiro atoms. The number of nitrogens with zero attached hydrogens (tertiary/aromatic N) is 4. The molecule has 27 heavy (non-hydrogen) atoms. The predicted molar refractivity (Wildman–Crippen MR) is 92.8 cm³/mol. The van der Waals surface area contributed by atoms with E-state index in [9.17, 15) is 23.2 Å². The van der Waals surface area contributed by atoms with Crippen LogP contribution in [0, 0.1) is 17.2 Å². The number of hydrogen-bond acceptors (Lipinski definition) is 5. The summed E-state index contributed by atoms with van der Waals surface area (Å²) >= 11 is 0. The molecule has 3 rings (SSSR count). The normalized spacial score (nSPS) is 20.3. The van der Waals surface area contributed by atoms with Gasteiger partial charge in [0, 0.05) is 31.5 Å². The van der Waals surface area contributed by atoms with E-state index in [-0.39, 0.29) is 5.92 Å². The molecular formula is C18H18F3N5O. The summed E-state index contributed by atoms with van der Waals surface area (Å²) in [4.78, 5) is 22.2. The largest absolute Gasteiger partial charge is 0.397 e. The highest BCUT2D eigenvalue weighted by Gasteiger charge is 2.33. The van der Waals surface area contributed by atoms with Crippen LogP contribution in [0.4, 0.5) is 18.9 Å². The molecule has 0 bridgehead atoms. The Kier molecular flexibility index (Phi) is 5.17. The quantitative estimate of drug-likeness (QED) is 0.890. The highest BCUT2D eigenvalue weighted by atomic mass is 19.4. The van der Waals surface area contributed by atoms with Crippen LogP contribution in [0.5, 0.6) is 0 Å². The van der Waals surface area contributed by atoms with Crippen molar-refractivity contribution in [1.29, 1.82) is 5.26 Å². The SMILES string of the molecule is C[C@H]1C[C@@H](NC(=O)CC(F)(F)F)CN(c2ccc(C#N)c3nccnc23)C1. The number of halogens is 3. The minimum Gasteiger partial charge on any atom is -0.367 e. The standard InChI is InChI=1S/C18H18F3N5O/c1-11-6-13(25-15(27)7-18(19,20)21)10-26(9-11)14-3-2-12(8-22)16-17(14)24-5-4-23-16/h2-5,11,13H,6-7,9-10H2,1H3,(H,25,27)/t11-,13+/m0/s1. The maximum absolute atomic E-state index is 12.4. The molecule has 0 radical (unpaired) electrons. The van der Waals surface area contributed by atoms with E-state index in [4.69, 9.17) is 0 Å². The second-order valence-electron chi connectivity index (χ2n) is 6.80. The number of carbonyl (C=O) groups excluding carboxylic acids is 1. The van der Waals surface area contributed by atoms with Gasteiger partial charge in [-0.2, -0.15) is 18.4 Å². The first-order valence-electron chi connectivity index (χ1n) is 8.51.